The number of methoxy groups -OCH3 is 2. The molecule has 1 aliphatic heterocycles. The molecule has 1 atom stereocenters. The number of nitrogens with zero attached hydrogens (tertiary/aromatic N) is 1. The van der Waals surface area contributed by atoms with E-state index in [9.17, 15) is 0 Å². The summed E-state index contributed by atoms with van der Waals surface area (Å²) in [5.41, 5.74) is 6.85. The standard InChI is InChI=1S/C14H21ClN2O2.ClH/c1-18-12-6-5-10(13(15)14(12)19-2)9-17-7-3-4-11(17)8-16;/h5-6,11H,3-4,7-9,16H2,1-2H3;1H. The second kappa shape index (κ2) is 7.93. The van der Waals surface area contributed by atoms with E-state index >= 15 is 0 Å². The van der Waals surface area contributed by atoms with Crippen molar-refractivity contribution in [3.05, 3.63) is 22.7 Å². The SMILES string of the molecule is COc1ccc(CN2CCCC2CN)c(Cl)c1OC.Cl. The van der Waals surface area contributed by atoms with E-state index in [0.29, 0.717) is 29.1 Å². The molecular formula is C14H22Cl2N2O2. The Balaban J connectivity index is 0.00000200. The minimum Gasteiger partial charge on any atom is -0.493 e. The largest absolute Gasteiger partial charge is 0.493 e. The molecule has 1 aromatic rings. The zero-order valence-electron chi connectivity index (χ0n) is 11.9. The van der Waals surface area contributed by atoms with Crippen LogP contribution in [-0.2, 0) is 6.54 Å². The van der Waals surface area contributed by atoms with Crippen molar-refractivity contribution in [1.29, 1.82) is 0 Å². The molecule has 20 heavy (non-hydrogen) atoms. The molecule has 4 nitrogen and oxygen atoms in total. The van der Waals surface area contributed by atoms with Gasteiger partial charge >= 0.3 is 0 Å². The van der Waals surface area contributed by atoms with Crippen molar-refractivity contribution in [1.82, 2.24) is 4.90 Å². The van der Waals surface area contributed by atoms with Gasteiger partial charge < -0.3 is 15.2 Å². The maximum atomic E-state index is 6.40. The average molecular weight is 321 g/mol. The van der Waals surface area contributed by atoms with E-state index in [1.807, 2.05) is 12.1 Å². The molecule has 0 saturated carbocycles. The summed E-state index contributed by atoms with van der Waals surface area (Å²) in [5, 5.41) is 0.629. The van der Waals surface area contributed by atoms with E-state index in [0.717, 1.165) is 18.7 Å². The Bertz CT molecular complexity index is 443. The lowest BCUT2D eigenvalue weighted by atomic mass is 10.1. The normalized spacial score (nSPS) is 18.7. The highest BCUT2D eigenvalue weighted by molar-refractivity contribution is 6.33. The maximum Gasteiger partial charge on any atom is 0.179 e. The van der Waals surface area contributed by atoms with Gasteiger partial charge in [0.05, 0.1) is 19.2 Å². The van der Waals surface area contributed by atoms with E-state index < -0.39 is 0 Å². The summed E-state index contributed by atoms with van der Waals surface area (Å²) in [6, 6.07) is 4.35. The van der Waals surface area contributed by atoms with E-state index in [1.165, 1.54) is 12.8 Å². The van der Waals surface area contributed by atoms with Crippen LogP contribution in [0.3, 0.4) is 0 Å². The summed E-state index contributed by atoms with van der Waals surface area (Å²) < 4.78 is 10.6. The summed E-state index contributed by atoms with van der Waals surface area (Å²) in [6.45, 7) is 2.58. The zero-order chi connectivity index (χ0) is 13.8. The number of rotatable bonds is 5. The first-order chi connectivity index (χ1) is 9.21. The molecule has 1 aliphatic rings. The molecule has 2 rings (SSSR count). The molecule has 1 saturated heterocycles. The number of hydrogen-bond donors (Lipinski definition) is 1. The quantitative estimate of drug-likeness (QED) is 0.906. The monoisotopic (exact) mass is 320 g/mol. The molecule has 0 bridgehead atoms. The molecule has 114 valence electrons. The van der Waals surface area contributed by atoms with Gasteiger partial charge in [-0.05, 0) is 31.0 Å². The van der Waals surface area contributed by atoms with Crippen LogP contribution >= 0.6 is 24.0 Å². The number of halogens is 2. The van der Waals surface area contributed by atoms with Crippen molar-refractivity contribution < 1.29 is 9.47 Å². The highest BCUT2D eigenvalue weighted by Gasteiger charge is 2.24. The molecule has 0 spiro atoms. The molecule has 1 aromatic carbocycles. The van der Waals surface area contributed by atoms with Crippen LogP contribution < -0.4 is 15.2 Å². The molecule has 0 aromatic heterocycles. The van der Waals surface area contributed by atoms with Gasteiger partial charge in [0.2, 0.25) is 0 Å². The summed E-state index contributed by atoms with van der Waals surface area (Å²) >= 11 is 6.40. The molecular weight excluding hydrogens is 299 g/mol. The number of benzene rings is 1. The lowest BCUT2D eigenvalue weighted by Gasteiger charge is -2.24. The van der Waals surface area contributed by atoms with Crippen LogP contribution in [0.1, 0.15) is 18.4 Å². The van der Waals surface area contributed by atoms with Gasteiger partial charge in [-0.1, -0.05) is 17.7 Å². The summed E-state index contributed by atoms with van der Waals surface area (Å²) in [7, 11) is 3.21. The fraction of sp³-hybridized carbons (Fsp3) is 0.571. The fourth-order valence-corrected chi connectivity index (χ4v) is 2.93. The molecule has 6 heteroatoms. The van der Waals surface area contributed by atoms with Crippen molar-refractivity contribution in [3.63, 3.8) is 0 Å². The second-order valence-corrected chi connectivity index (χ2v) is 5.15. The van der Waals surface area contributed by atoms with Crippen LogP contribution in [-0.4, -0.2) is 38.3 Å². The van der Waals surface area contributed by atoms with Crippen molar-refractivity contribution in [2.45, 2.75) is 25.4 Å². The Morgan fingerprint density at radius 3 is 2.70 bits per heavy atom. The maximum absolute atomic E-state index is 6.40. The van der Waals surface area contributed by atoms with Crippen molar-refractivity contribution in [2.75, 3.05) is 27.3 Å². The summed E-state index contributed by atoms with van der Waals surface area (Å²) in [4.78, 5) is 2.38. The van der Waals surface area contributed by atoms with E-state index in [-0.39, 0.29) is 12.4 Å². The van der Waals surface area contributed by atoms with Gasteiger partial charge in [-0.25, -0.2) is 0 Å². The van der Waals surface area contributed by atoms with Gasteiger partial charge in [0.15, 0.2) is 11.5 Å². The molecule has 2 N–H and O–H groups in total. The Kier molecular flexibility index (Phi) is 6.89. The highest BCUT2D eigenvalue weighted by atomic mass is 35.5. The van der Waals surface area contributed by atoms with E-state index in [1.54, 1.807) is 14.2 Å². The van der Waals surface area contributed by atoms with Crippen LogP contribution in [0.4, 0.5) is 0 Å². The predicted octanol–water partition coefficient (Wildman–Crippen LogP) is 2.70. The number of nitrogens with two attached hydrogens (primary N) is 1. The fourth-order valence-electron chi connectivity index (χ4n) is 2.64. The lowest BCUT2D eigenvalue weighted by molar-refractivity contribution is 0.249. The summed E-state index contributed by atoms with van der Waals surface area (Å²) in [6.07, 6.45) is 2.37. The van der Waals surface area contributed by atoms with Gasteiger partial charge in [0, 0.05) is 19.1 Å². The van der Waals surface area contributed by atoms with Gasteiger partial charge in [-0.2, -0.15) is 0 Å². The van der Waals surface area contributed by atoms with Crippen molar-refractivity contribution >= 4 is 24.0 Å². The predicted molar refractivity (Wildman–Crippen MR) is 84.3 cm³/mol. The molecule has 0 radical (unpaired) electrons. The topological polar surface area (TPSA) is 47.7 Å². The molecule has 1 fully saturated rings. The van der Waals surface area contributed by atoms with Crippen LogP contribution in [0.15, 0.2) is 12.1 Å². The third-order valence-corrected chi connectivity index (χ3v) is 4.12. The van der Waals surface area contributed by atoms with Crippen LogP contribution in [0.25, 0.3) is 0 Å². The first-order valence-corrected chi connectivity index (χ1v) is 6.92. The first kappa shape index (κ1) is 17.4. The summed E-state index contributed by atoms with van der Waals surface area (Å²) in [5.74, 6) is 1.26. The van der Waals surface area contributed by atoms with Gasteiger partial charge in [-0.3, -0.25) is 4.90 Å². The van der Waals surface area contributed by atoms with Crippen LogP contribution in [0.2, 0.25) is 5.02 Å². The lowest BCUT2D eigenvalue weighted by Crippen LogP contribution is -2.34. The minimum atomic E-state index is 0. The average Bonchev–Trinajstić information content (AvgIpc) is 2.88. The molecule has 0 amide bonds. The Hall–Kier alpha value is -0.680. The second-order valence-electron chi connectivity index (χ2n) is 4.78. The third kappa shape index (κ3) is 3.50. The van der Waals surface area contributed by atoms with E-state index in [4.69, 9.17) is 26.8 Å². The van der Waals surface area contributed by atoms with Crippen molar-refractivity contribution in [3.8, 4) is 11.5 Å². The third-order valence-electron chi connectivity index (χ3n) is 3.71. The van der Waals surface area contributed by atoms with Gasteiger partial charge in [0.25, 0.3) is 0 Å². The van der Waals surface area contributed by atoms with Crippen LogP contribution in [0, 0.1) is 0 Å². The van der Waals surface area contributed by atoms with E-state index in [2.05, 4.69) is 4.90 Å². The molecule has 1 heterocycles. The Labute approximate surface area is 131 Å². The van der Waals surface area contributed by atoms with Gasteiger partial charge in [-0.15, -0.1) is 12.4 Å². The number of likely N-dealkylation sites (tertiary alicyclic amines) is 1. The minimum absolute atomic E-state index is 0. The van der Waals surface area contributed by atoms with Gasteiger partial charge in [0.1, 0.15) is 0 Å². The molecule has 1 unspecified atom stereocenters. The van der Waals surface area contributed by atoms with Crippen molar-refractivity contribution in [2.24, 2.45) is 5.73 Å². The smallest absolute Gasteiger partial charge is 0.179 e. The molecule has 0 aliphatic carbocycles. The number of hydrogen-bond acceptors (Lipinski definition) is 4. The first-order valence-electron chi connectivity index (χ1n) is 6.54. The Morgan fingerprint density at radius 2 is 2.10 bits per heavy atom. The zero-order valence-corrected chi connectivity index (χ0v) is 13.5. The highest BCUT2D eigenvalue weighted by Crippen LogP contribution is 2.38. The number of ether oxygens (including phenoxy) is 2. The van der Waals surface area contributed by atoms with Crippen LogP contribution in [0.5, 0.6) is 11.5 Å². The Morgan fingerprint density at radius 1 is 1.35 bits per heavy atom.